The smallest absolute Gasteiger partial charge is 0.194 e. The molecule has 0 aliphatic carbocycles. The van der Waals surface area contributed by atoms with Crippen molar-refractivity contribution in [3.63, 3.8) is 0 Å². The molecule has 0 amide bonds. The average molecular weight is 537 g/mol. The topological polar surface area (TPSA) is 43.3 Å². The van der Waals surface area contributed by atoms with Gasteiger partial charge in [0.1, 0.15) is 11.6 Å². The summed E-state index contributed by atoms with van der Waals surface area (Å²) in [6.07, 6.45) is 2.19. The number of halogens is 3. The van der Waals surface area contributed by atoms with E-state index < -0.39 is 5.82 Å². The quantitative estimate of drug-likeness (QED) is 0.251. The Balaban J connectivity index is 0.00000320. The first kappa shape index (κ1) is 25.1. The summed E-state index contributed by atoms with van der Waals surface area (Å²) in [6, 6.07) is 3.63. The van der Waals surface area contributed by atoms with Gasteiger partial charge in [0.25, 0.3) is 0 Å². The molecule has 0 saturated carbocycles. The summed E-state index contributed by atoms with van der Waals surface area (Å²) >= 11 is 0. The number of nitrogens with one attached hydrogen (secondary N) is 1. The maximum Gasteiger partial charge on any atom is 0.194 e. The van der Waals surface area contributed by atoms with Gasteiger partial charge in [0.2, 0.25) is 0 Å². The van der Waals surface area contributed by atoms with Crippen molar-refractivity contribution in [1.29, 1.82) is 0 Å². The predicted octanol–water partition coefficient (Wildman–Crippen LogP) is 2.78. The summed E-state index contributed by atoms with van der Waals surface area (Å²) in [5.41, 5.74) is 0.342. The van der Waals surface area contributed by atoms with E-state index in [1.807, 2.05) is 4.90 Å². The molecule has 9 heteroatoms. The maximum absolute atomic E-state index is 14.0. The first-order chi connectivity index (χ1) is 14.2. The molecule has 0 atom stereocenters. The highest BCUT2D eigenvalue weighted by Crippen LogP contribution is 2.22. The van der Waals surface area contributed by atoms with Gasteiger partial charge in [-0.2, -0.15) is 0 Å². The van der Waals surface area contributed by atoms with Crippen LogP contribution in [0.5, 0.6) is 0 Å². The van der Waals surface area contributed by atoms with Crippen molar-refractivity contribution in [1.82, 2.24) is 15.1 Å². The summed E-state index contributed by atoms with van der Waals surface area (Å²) in [4.78, 5) is 11.3. The molecule has 30 heavy (non-hydrogen) atoms. The highest BCUT2D eigenvalue weighted by molar-refractivity contribution is 14.0. The Morgan fingerprint density at radius 2 is 1.80 bits per heavy atom. The molecule has 6 nitrogen and oxygen atoms in total. The highest BCUT2D eigenvalue weighted by Gasteiger charge is 2.22. The number of anilines is 1. The monoisotopic (exact) mass is 537 g/mol. The third-order valence-corrected chi connectivity index (χ3v) is 5.41. The first-order valence-electron chi connectivity index (χ1n) is 10.7. The normalized spacial score (nSPS) is 18.3. The van der Waals surface area contributed by atoms with Crippen LogP contribution >= 0.6 is 24.0 Å². The van der Waals surface area contributed by atoms with Gasteiger partial charge < -0.3 is 19.9 Å². The number of guanidine groups is 1. The molecular weight excluding hydrogens is 503 g/mol. The lowest BCUT2D eigenvalue weighted by Crippen LogP contribution is -2.52. The average Bonchev–Trinajstić information content (AvgIpc) is 2.75. The van der Waals surface area contributed by atoms with Crippen LogP contribution in [0, 0.1) is 11.6 Å². The fourth-order valence-corrected chi connectivity index (χ4v) is 3.77. The number of benzene rings is 1. The van der Waals surface area contributed by atoms with Crippen LogP contribution in [0.25, 0.3) is 0 Å². The summed E-state index contributed by atoms with van der Waals surface area (Å²) in [5.74, 6) is 0.134. The Labute approximate surface area is 195 Å². The molecule has 1 aromatic carbocycles. The third-order valence-electron chi connectivity index (χ3n) is 5.41. The number of hydrogen-bond acceptors (Lipinski definition) is 4. The van der Waals surface area contributed by atoms with Crippen LogP contribution in [0.15, 0.2) is 23.2 Å². The molecule has 0 bridgehead atoms. The summed E-state index contributed by atoms with van der Waals surface area (Å²) in [7, 11) is 0. The number of aliphatic imine (C=N–C) groups is 1. The second-order valence-electron chi connectivity index (χ2n) is 7.47. The SMILES string of the molecule is CCNC(=NCCCCN1CCOCC1)N1CCN(c2cc(F)ccc2F)CC1.I. The van der Waals surface area contributed by atoms with Gasteiger partial charge in [-0.3, -0.25) is 9.89 Å². The lowest BCUT2D eigenvalue weighted by Gasteiger charge is -2.37. The highest BCUT2D eigenvalue weighted by atomic mass is 127. The van der Waals surface area contributed by atoms with E-state index >= 15 is 0 Å². The number of rotatable bonds is 7. The Hall–Kier alpha value is -1.20. The zero-order valence-corrected chi connectivity index (χ0v) is 20.1. The van der Waals surface area contributed by atoms with E-state index in [1.165, 1.54) is 12.1 Å². The molecule has 3 rings (SSSR count). The lowest BCUT2D eigenvalue weighted by atomic mass is 10.2. The molecule has 0 aromatic heterocycles. The fourth-order valence-electron chi connectivity index (χ4n) is 3.77. The molecule has 1 N–H and O–H groups in total. The van der Waals surface area contributed by atoms with E-state index in [0.29, 0.717) is 18.8 Å². The van der Waals surface area contributed by atoms with Crippen molar-refractivity contribution in [2.24, 2.45) is 4.99 Å². The van der Waals surface area contributed by atoms with Gasteiger partial charge in [-0.1, -0.05) is 0 Å². The molecule has 2 aliphatic rings. The summed E-state index contributed by atoms with van der Waals surface area (Å²) in [6.45, 7) is 11.3. The van der Waals surface area contributed by atoms with Crippen LogP contribution in [0.1, 0.15) is 19.8 Å². The van der Waals surface area contributed by atoms with Gasteiger partial charge in [-0.15, -0.1) is 24.0 Å². The van der Waals surface area contributed by atoms with E-state index in [4.69, 9.17) is 9.73 Å². The molecule has 2 fully saturated rings. The number of morpholine rings is 1. The zero-order chi connectivity index (χ0) is 20.5. The Morgan fingerprint density at radius 1 is 1.07 bits per heavy atom. The van der Waals surface area contributed by atoms with Gasteiger partial charge in [-0.25, -0.2) is 8.78 Å². The lowest BCUT2D eigenvalue weighted by molar-refractivity contribution is 0.0373. The minimum absolute atomic E-state index is 0. The third kappa shape index (κ3) is 7.49. The van der Waals surface area contributed by atoms with E-state index in [0.717, 1.165) is 83.9 Å². The van der Waals surface area contributed by atoms with Crippen molar-refractivity contribution in [3.8, 4) is 0 Å². The first-order valence-corrected chi connectivity index (χ1v) is 10.7. The van der Waals surface area contributed by atoms with Crippen LogP contribution in [0.2, 0.25) is 0 Å². The predicted molar refractivity (Wildman–Crippen MR) is 128 cm³/mol. The summed E-state index contributed by atoms with van der Waals surface area (Å²) < 4.78 is 32.9. The van der Waals surface area contributed by atoms with E-state index in [1.54, 1.807) is 0 Å². The fraction of sp³-hybridized carbons (Fsp3) is 0.667. The van der Waals surface area contributed by atoms with E-state index in [-0.39, 0.29) is 29.8 Å². The molecule has 170 valence electrons. The second kappa shape index (κ2) is 13.3. The van der Waals surface area contributed by atoms with Gasteiger partial charge >= 0.3 is 0 Å². The second-order valence-corrected chi connectivity index (χ2v) is 7.47. The van der Waals surface area contributed by atoms with Crippen molar-refractivity contribution in [2.75, 3.05) is 77.0 Å². The van der Waals surface area contributed by atoms with Gasteiger partial charge in [0.15, 0.2) is 5.96 Å². The largest absolute Gasteiger partial charge is 0.379 e. The number of nitrogens with zero attached hydrogens (tertiary/aromatic N) is 4. The van der Waals surface area contributed by atoms with Crippen molar-refractivity contribution < 1.29 is 13.5 Å². The Bertz CT molecular complexity index is 665. The molecule has 0 radical (unpaired) electrons. The minimum atomic E-state index is -0.407. The number of piperazine rings is 1. The molecular formula is C21H34F2IN5O. The van der Waals surface area contributed by atoms with Crippen LogP contribution in [0.3, 0.4) is 0 Å². The van der Waals surface area contributed by atoms with Gasteiger partial charge in [-0.05, 0) is 38.4 Å². The van der Waals surface area contributed by atoms with Crippen molar-refractivity contribution >= 4 is 35.6 Å². The Morgan fingerprint density at radius 3 is 2.50 bits per heavy atom. The van der Waals surface area contributed by atoms with E-state index in [2.05, 4.69) is 22.0 Å². The van der Waals surface area contributed by atoms with Crippen LogP contribution in [-0.4, -0.2) is 87.9 Å². The van der Waals surface area contributed by atoms with Crippen molar-refractivity contribution in [2.45, 2.75) is 19.8 Å². The standard InChI is InChI=1S/C21H33F2N5O.HI/c1-2-24-21(25-7-3-4-8-26-13-15-29-16-14-26)28-11-9-27(10-12-28)20-17-18(22)5-6-19(20)23;/h5-6,17H,2-4,7-16H2,1H3,(H,24,25);1H. The molecule has 2 saturated heterocycles. The maximum atomic E-state index is 14.0. The minimum Gasteiger partial charge on any atom is -0.379 e. The van der Waals surface area contributed by atoms with Gasteiger partial charge in [0.05, 0.1) is 18.9 Å². The molecule has 2 heterocycles. The number of hydrogen-bond donors (Lipinski definition) is 1. The number of ether oxygens (including phenoxy) is 1. The van der Waals surface area contributed by atoms with Crippen LogP contribution in [0.4, 0.5) is 14.5 Å². The summed E-state index contributed by atoms with van der Waals surface area (Å²) in [5, 5.41) is 3.36. The molecule has 2 aliphatic heterocycles. The van der Waals surface area contributed by atoms with Crippen molar-refractivity contribution in [3.05, 3.63) is 29.8 Å². The Kier molecular flexibility index (Phi) is 11.1. The molecule has 0 spiro atoms. The number of unbranched alkanes of at least 4 members (excludes halogenated alkanes) is 1. The molecule has 0 unspecified atom stereocenters. The van der Waals surface area contributed by atoms with E-state index in [9.17, 15) is 8.78 Å². The zero-order valence-electron chi connectivity index (χ0n) is 17.8. The van der Waals surface area contributed by atoms with Crippen LogP contribution in [-0.2, 0) is 4.74 Å². The van der Waals surface area contributed by atoms with Crippen LogP contribution < -0.4 is 10.2 Å². The molecule has 1 aromatic rings. The van der Waals surface area contributed by atoms with Gasteiger partial charge in [0, 0.05) is 58.4 Å².